The van der Waals surface area contributed by atoms with Crippen molar-refractivity contribution in [3.8, 4) is 0 Å². The maximum Gasteiger partial charge on any atom is 0.191 e. The molecule has 2 aromatic rings. The summed E-state index contributed by atoms with van der Waals surface area (Å²) in [6.45, 7) is 4.65. The largest absolute Gasteiger partial charge is 0.357 e. The fourth-order valence-corrected chi connectivity index (χ4v) is 3.86. The summed E-state index contributed by atoms with van der Waals surface area (Å²) >= 11 is 2.04. The van der Waals surface area contributed by atoms with E-state index in [0.717, 1.165) is 43.5 Å². The lowest BCUT2D eigenvalue weighted by Gasteiger charge is -2.12. The van der Waals surface area contributed by atoms with Gasteiger partial charge < -0.3 is 10.6 Å². The van der Waals surface area contributed by atoms with Gasteiger partial charge in [0.2, 0.25) is 0 Å². The first-order valence-corrected chi connectivity index (χ1v) is 9.34. The summed E-state index contributed by atoms with van der Waals surface area (Å²) in [7, 11) is 0. The zero-order chi connectivity index (χ0) is 15.9. The highest BCUT2D eigenvalue weighted by Gasteiger charge is 2.15. The molecule has 124 valence electrons. The monoisotopic (exact) mass is 332 g/mol. The molecule has 0 radical (unpaired) electrons. The van der Waals surface area contributed by atoms with Crippen molar-refractivity contribution in [2.75, 3.05) is 25.4 Å². The van der Waals surface area contributed by atoms with E-state index in [9.17, 15) is 0 Å². The Bertz CT molecular complexity index is 647. The van der Waals surface area contributed by atoms with E-state index in [1.165, 1.54) is 18.6 Å². The Morgan fingerprint density at radius 2 is 2.35 bits per heavy atom. The van der Waals surface area contributed by atoms with Crippen molar-refractivity contribution in [3.05, 3.63) is 30.2 Å². The molecular formula is C16H24N6S. The lowest BCUT2D eigenvalue weighted by Crippen LogP contribution is -2.38. The van der Waals surface area contributed by atoms with Crippen LogP contribution in [0.5, 0.6) is 0 Å². The average molecular weight is 332 g/mol. The third kappa shape index (κ3) is 4.37. The van der Waals surface area contributed by atoms with Crippen LogP contribution in [-0.2, 0) is 6.42 Å². The summed E-state index contributed by atoms with van der Waals surface area (Å²) in [6.07, 6.45) is 5.43. The first-order chi connectivity index (χ1) is 11.4. The minimum absolute atomic E-state index is 0.686. The second-order valence-corrected chi connectivity index (χ2v) is 6.98. The number of guanidine groups is 1. The van der Waals surface area contributed by atoms with Gasteiger partial charge in [0.15, 0.2) is 11.6 Å². The molecule has 0 amide bonds. The fourth-order valence-electron chi connectivity index (χ4n) is 2.68. The van der Waals surface area contributed by atoms with E-state index < -0.39 is 0 Å². The van der Waals surface area contributed by atoms with E-state index in [4.69, 9.17) is 4.99 Å². The molecule has 1 aliphatic heterocycles. The van der Waals surface area contributed by atoms with Crippen LogP contribution in [0.25, 0.3) is 5.65 Å². The summed E-state index contributed by atoms with van der Waals surface area (Å²) in [5.74, 6) is 3.15. The van der Waals surface area contributed by atoms with Gasteiger partial charge in [-0.25, -0.2) is 0 Å². The van der Waals surface area contributed by atoms with Crippen molar-refractivity contribution in [2.24, 2.45) is 4.99 Å². The summed E-state index contributed by atoms with van der Waals surface area (Å²) < 4.78 is 2.03. The third-order valence-corrected chi connectivity index (χ3v) is 5.23. The van der Waals surface area contributed by atoms with Crippen molar-refractivity contribution < 1.29 is 0 Å². The van der Waals surface area contributed by atoms with Gasteiger partial charge in [-0.3, -0.25) is 9.39 Å². The summed E-state index contributed by atoms with van der Waals surface area (Å²) in [4.78, 5) is 4.71. The van der Waals surface area contributed by atoms with Crippen molar-refractivity contribution in [2.45, 2.75) is 31.4 Å². The molecule has 3 heterocycles. The second-order valence-electron chi connectivity index (χ2n) is 5.58. The van der Waals surface area contributed by atoms with Crippen molar-refractivity contribution in [3.63, 3.8) is 0 Å². The summed E-state index contributed by atoms with van der Waals surface area (Å²) in [5, 5.41) is 15.8. The van der Waals surface area contributed by atoms with Gasteiger partial charge in [0.05, 0.1) is 6.54 Å². The van der Waals surface area contributed by atoms with Crippen LogP contribution in [0, 0.1) is 0 Å². The van der Waals surface area contributed by atoms with Gasteiger partial charge in [-0.05, 0) is 37.7 Å². The molecule has 23 heavy (non-hydrogen) atoms. The minimum Gasteiger partial charge on any atom is -0.357 e. The molecule has 1 fully saturated rings. The van der Waals surface area contributed by atoms with Crippen LogP contribution in [0.2, 0.25) is 0 Å². The zero-order valence-electron chi connectivity index (χ0n) is 13.5. The number of thioether (sulfide) groups is 1. The topological polar surface area (TPSA) is 66.6 Å². The van der Waals surface area contributed by atoms with Crippen LogP contribution in [-0.4, -0.2) is 51.2 Å². The number of nitrogens with zero attached hydrogens (tertiary/aromatic N) is 4. The number of nitrogens with one attached hydrogen (secondary N) is 2. The number of hydrogen-bond donors (Lipinski definition) is 2. The van der Waals surface area contributed by atoms with Gasteiger partial charge in [0.1, 0.15) is 5.82 Å². The molecule has 0 aliphatic carbocycles. The number of hydrogen-bond acceptors (Lipinski definition) is 4. The standard InChI is InChI=1S/C16H24N6S/c1-2-17-16(19-12-13-6-5-11-23-13)18-9-8-15-21-20-14-7-3-4-10-22(14)15/h3-4,7,10,13H,2,5-6,8-9,11-12H2,1H3,(H2,17,18,19). The van der Waals surface area contributed by atoms with Gasteiger partial charge in [-0.1, -0.05) is 6.07 Å². The Labute approximate surface area is 141 Å². The minimum atomic E-state index is 0.686. The van der Waals surface area contributed by atoms with Crippen molar-refractivity contribution in [1.29, 1.82) is 0 Å². The molecule has 0 spiro atoms. The first-order valence-electron chi connectivity index (χ1n) is 8.29. The van der Waals surface area contributed by atoms with E-state index in [1.54, 1.807) is 0 Å². The van der Waals surface area contributed by atoms with Crippen LogP contribution < -0.4 is 10.6 Å². The quantitative estimate of drug-likeness (QED) is 0.623. The summed E-state index contributed by atoms with van der Waals surface area (Å²) in [5.41, 5.74) is 0.890. The second kappa shape index (κ2) is 8.19. The Morgan fingerprint density at radius 3 is 3.17 bits per heavy atom. The van der Waals surface area contributed by atoms with E-state index in [0.29, 0.717) is 5.25 Å². The molecule has 0 bridgehead atoms. The van der Waals surface area contributed by atoms with Crippen LogP contribution in [0.1, 0.15) is 25.6 Å². The van der Waals surface area contributed by atoms with Gasteiger partial charge in [-0.15, -0.1) is 10.2 Å². The maximum absolute atomic E-state index is 4.71. The fraction of sp³-hybridized carbons (Fsp3) is 0.562. The average Bonchev–Trinajstić information content (AvgIpc) is 3.22. The SMILES string of the molecule is CCNC(=NCC1CCCS1)NCCc1nnc2ccccn12. The molecule has 3 rings (SSSR count). The molecule has 0 saturated carbocycles. The Hall–Kier alpha value is -1.76. The third-order valence-electron chi connectivity index (χ3n) is 3.85. The lowest BCUT2D eigenvalue weighted by atomic mass is 10.2. The predicted octanol–water partition coefficient (Wildman–Crippen LogP) is 1.72. The lowest BCUT2D eigenvalue weighted by molar-refractivity contribution is 0.746. The molecule has 6 nitrogen and oxygen atoms in total. The molecule has 2 N–H and O–H groups in total. The number of fused-ring (bicyclic) bond motifs is 1. The molecule has 0 aromatic carbocycles. The predicted molar refractivity (Wildman–Crippen MR) is 96.2 cm³/mol. The van der Waals surface area contributed by atoms with E-state index in [-0.39, 0.29) is 0 Å². The Balaban J connectivity index is 1.53. The molecule has 1 aliphatic rings. The number of aromatic nitrogens is 3. The van der Waals surface area contributed by atoms with Crippen molar-refractivity contribution >= 4 is 23.4 Å². The maximum atomic E-state index is 4.71. The normalized spacial score (nSPS) is 18.5. The van der Waals surface area contributed by atoms with Crippen LogP contribution in [0.15, 0.2) is 29.4 Å². The number of aliphatic imine (C=N–C) groups is 1. The van der Waals surface area contributed by atoms with Gasteiger partial charge in [0, 0.05) is 31.0 Å². The van der Waals surface area contributed by atoms with E-state index >= 15 is 0 Å². The number of rotatable bonds is 6. The van der Waals surface area contributed by atoms with Gasteiger partial charge in [0.25, 0.3) is 0 Å². The van der Waals surface area contributed by atoms with E-state index in [2.05, 4.69) is 27.8 Å². The molecule has 7 heteroatoms. The summed E-state index contributed by atoms with van der Waals surface area (Å²) in [6, 6.07) is 5.94. The highest BCUT2D eigenvalue weighted by molar-refractivity contribution is 8.00. The van der Waals surface area contributed by atoms with Gasteiger partial charge in [-0.2, -0.15) is 11.8 Å². The van der Waals surface area contributed by atoms with E-state index in [1.807, 2.05) is 40.6 Å². The van der Waals surface area contributed by atoms with Gasteiger partial charge >= 0.3 is 0 Å². The number of pyridine rings is 1. The molecule has 1 saturated heterocycles. The van der Waals surface area contributed by atoms with Crippen LogP contribution in [0.4, 0.5) is 0 Å². The van der Waals surface area contributed by atoms with Crippen LogP contribution in [0.3, 0.4) is 0 Å². The molecule has 1 atom stereocenters. The molecule has 1 unspecified atom stereocenters. The Morgan fingerprint density at radius 1 is 1.39 bits per heavy atom. The smallest absolute Gasteiger partial charge is 0.191 e. The Kier molecular flexibility index (Phi) is 5.74. The van der Waals surface area contributed by atoms with Crippen molar-refractivity contribution in [1.82, 2.24) is 25.2 Å². The van der Waals surface area contributed by atoms with Crippen LogP contribution >= 0.6 is 11.8 Å². The zero-order valence-corrected chi connectivity index (χ0v) is 14.4. The molecular weight excluding hydrogens is 308 g/mol. The highest BCUT2D eigenvalue weighted by atomic mass is 32.2. The molecule has 2 aromatic heterocycles. The first kappa shape index (κ1) is 16.1. The highest BCUT2D eigenvalue weighted by Crippen LogP contribution is 2.25.